The van der Waals surface area contributed by atoms with Crippen LogP contribution in [0.15, 0.2) is 42.5 Å². The van der Waals surface area contributed by atoms with Crippen molar-refractivity contribution in [2.24, 2.45) is 0 Å². The Bertz CT molecular complexity index is 988. The second-order valence-corrected chi connectivity index (χ2v) is 6.95. The van der Waals surface area contributed by atoms with Gasteiger partial charge in [0.15, 0.2) is 6.61 Å². The number of rotatable bonds is 8. The van der Waals surface area contributed by atoms with Crippen LogP contribution in [0.2, 0.25) is 0 Å². The minimum Gasteiger partial charge on any atom is -0.456 e. The number of imide groups is 1. The average molecular weight is 412 g/mol. The summed E-state index contributed by atoms with van der Waals surface area (Å²) in [6.07, 6.45) is 0.312. The second kappa shape index (κ2) is 9.30. The fourth-order valence-electron chi connectivity index (χ4n) is 3.08. The van der Waals surface area contributed by atoms with Gasteiger partial charge in [-0.05, 0) is 43.2 Å². The van der Waals surface area contributed by atoms with Crippen molar-refractivity contribution in [3.05, 3.63) is 70.5 Å². The summed E-state index contributed by atoms with van der Waals surface area (Å²) in [5, 5.41) is 2.60. The van der Waals surface area contributed by atoms with Crippen LogP contribution in [0.4, 0.5) is 4.39 Å². The number of fused-ring (bicyclic) bond motifs is 1. The smallest absolute Gasteiger partial charge is 0.308 e. The second-order valence-electron chi connectivity index (χ2n) is 6.95. The summed E-state index contributed by atoms with van der Waals surface area (Å²) < 4.78 is 17.7. The first kappa shape index (κ1) is 21.2. The van der Waals surface area contributed by atoms with Gasteiger partial charge >= 0.3 is 5.97 Å². The number of carbonyl (C=O) groups excluding carboxylic acids is 4. The fourth-order valence-corrected chi connectivity index (χ4v) is 3.08. The number of hydrogen-bond acceptors (Lipinski definition) is 5. The number of benzene rings is 2. The number of hydrogen-bond donors (Lipinski definition) is 1. The predicted molar refractivity (Wildman–Crippen MR) is 105 cm³/mol. The van der Waals surface area contributed by atoms with Gasteiger partial charge in [0.2, 0.25) is 0 Å². The molecular formula is C22H21FN2O5. The normalized spacial score (nSPS) is 12.7. The largest absolute Gasteiger partial charge is 0.456 e. The Kier molecular flexibility index (Phi) is 6.56. The molecule has 1 aliphatic rings. The summed E-state index contributed by atoms with van der Waals surface area (Å²) in [5.74, 6) is -2.37. The molecule has 0 unspecified atom stereocenters. The zero-order valence-electron chi connectivity index (χ0n) is 16.4. The number of carbonyl (C=O) groups is 4. The minimum absolute atomic E-state index is 0.115. The van der Waals surface area contributed by atoms with Gasteiger partial charge in [-0.15, -0.1) is 0 Å². The fraction of sp³-hybridized carbons (Fsp3) is 0.273. The molecule has 0 fully saturated rings. The van der Waals surface area contributed by atoms with Crippen molar-refractivity contribution in [1.82, 2.24) is 10.2 Å². The highest BCUT2D eigenvalue weighted by molar-refractivity contribution is 6.21. The van der Waals surface area contributed by atoms with Gasteiger partial charge in [-0.2, -0.15) is 0 Å². The molecule has 0 bridgehead atoms. The molecule has 0 aromatic heterocycles. The lowest BCUT2D eigenvalue weighted by atomic mass is 10.1. The summed E-state index contributed by atoms with van der Waals surface area (Å²) in [5.41, 5.74) is 2.37. The lowest BCUT2D eigenvalue weighted by Crippen LogP contribution is -2.33. The molecule has 8 heteroatoms. The van der Waals surface area contributed by atoms with Crippen LogP contribution in [0.3, 0.4) is 0 Å². The number of amides is 3. The van der Waals surface area contributed by atoms with Gasteiger partial charge in [0, 0.05) is 13.1 Å². The van der Waals surface area contributed by atoms with Crippen LogP contribution < -0.4 is 5.32 Å². The van der Waals surface area contributed by atoms with Crippen LogP contribution in [-0.2, 0) is 20.7 Å². The molecule has 0 radical (unpaired) electrons. The van der Waals surface area contributed by atoms with Gasteiger partial charge in [-0.1, -0.05) is 23.8 Å². The Labute approximate surface area is 172 Å². The lowest BCUT2D eigenvalue weighted by molar-refractivity contribution is -0.148. The predicted octanol–water partition coefficient (Wildman–Crippen LogP) is 2.02. The van der Waals surface area contributed by atoms with E-state index in [0.29, 0.717) is 24.1 Å². The number of esters is 1. The Morgan fingerprint density at radius 3 is 2.47 bits per heavy atom. The maximum atomic E-state index is 12.8. The van der Waals surface area contributed by atoms with Crippen molar-refractivity contribution < 1.29 is 28.3 Å². The molecule has 0 saturated heterocycles. The molecule has 1 N–H and O–H groups in total. The molecule has 2 aromatic rings. The Morgan fingerprint density at radius 1 is 1.03 bits per heavy atom. The highest BCUT2D eigenvalue weighted by Crippen LogP contribution is 2.23. The first-order valence-corrected chi connectivity index (χ1v) is 9.49. The lowest BCUT2D eigenvalue weighted by Gasteiger charge is -2.13. The van der Waals surface area contributed by atoms with Crippen LogP contribution >= 0.6 is 0 Å². The highest BCUT2D eigenvalue weighted by atomic mass is 19.1. The molecule has 1 heterocycles. The summed E-state index contributed by atoms with van der Waals surface area (Å²) in [7, 11) is 0. The SMILES string of the molecule is Cc1ccc2c(c1)C(=O)N(CCC(=O)OCC(=O)NCCc1ccc(F)cc1)C2=O. The topological polar surface area (TPSA) is 92.8 Å². The van der Waals surface area contributed by atoms with Gasteiger partial charge in [-0.3, -0.25) is 24.1 Å². The number of nitrogens with one attached hydrogen (secondary N) is 1. The first-order valence-electron chi connectivity index (χ1n) is 9.49. The summed E-state index contributed by atoms with van der Waals surface area (Å²) >= 11 is 0. The van der Waals surface area contributed by atoms with E-state index in [1.54, 1.807) is 30.3 Å². The van der Waals surface area contributed by atoms with Gasteiger partial charge < -0.3 is 10.1 Å². The van der Waals surface area contributed by atoms with Crippen molar-refractivity contribution >= 4 is 23.7 Å². The molecule has 0 spiro atoms. The maximum Gasteiger partial charge on any atom is 0.308 e. The molecule has 0 atom stereocenters. The maximum absolute atomic E-state index is 12.8. The number of ether oxygens (including phenoxy) is 1. The monoisotopic (exact) mass is 412 g/mol. The number of nitrogens with zero attached hydrogens (tertiary/aromatic N) is 1. The molecule has 3 amide bonds. The molecule has 2 aromatic carbocycles. The Morgan fingerprint density at radius 2 is 1.73 bits per heavy atom. The molecule has 156 valence electrons. The van der Waals surface area contributed by atoms with Crippen LogP contribution in [-0.4, -0.2) is 48.3 Å². The van der Waals surface area contributed by atoms with Crippen LogP contribution in [0.5, 0.6) is 0 Å². The van der Waals surface area contributed by atoms with Crippen LogP contribution in [0.25, 0.3) is 0 Å². The van der Waals surface area contributed by atoms with E-state index in [1.165, 1.54) is 12.1 Å². The molecule has 3 rings (SSSR count). The first-order chi connectivity index (χ1) is 14.3. The number of aryl methyl sites for hydroxylation is 1. The molecular weight excluding hydrogens is 391 g/mol. The number of halogens is 1. The van der Waals surface area contributed by atoms with Gasteiger partial charge in [0.25, 0.3) is 17.7 Å². The third kappa shape index (κ3) is 5.08. The van der Waals surface area contributed by atoms with Gasteiger partial charge in [0.1, 0.15) is 5.82 Å². The van der Waals surface area contributed by atoms with E-state index in [4.69, 9.17) is 4.74 Å². The highest BCUT2D eigenvalue weighted by Gasteiger charge is 2.35. The molecule has 1 aliphatic heterocycles. The van der Waals surface area contributed by atoms with E-state index in [-0.39, 0.29) is 18.8 Å². The Hall–Kier alpha value is -3.55. The van der Waals surface area contributed by atoms with Crippen molar-refractivity contribution in [3.63, 3.8) is 0 Å². The molecule has 0 saturated carbocycles. The van der Waals surface area contributed by atoms with E-state index in [0.717, 1.165) is 16.0 Å². The van der Waals surface area contributed by atoms with Crippen LogP contribution in [0, 0.1) is 12.7 Å². The zero-order valence-corrected chi connectivity index (χ0v) is 16.4. The van der Waals surface area contributed by atoms with E-state index in [9.17, 15) is 23.6 Å². The van der Waals surface area contributed by atoms with Crippen molar-refractivity contribution in [1.29, 1.82) is 0 Å². The third-order valence-corrected chi connectivity index (χ3v) is 4.68. The van der Waals surface area contributed by atoms with Crippen molar-refractivity contribution in [3.8, 4) is 0 Å². The van der Waals surface area contributed by atoms with Crippen LogP contribution in [0.1, 0.15) is 38.3 Å². The minimum atomic E-state index is -0.684. The van der Waals surface area contributed by atoms with E-state index in [1.807, 2.05) is 6.92 Å². The quantitative estimate of drug-likeness (QED) is 0.529. The van der Waals surface area contributed by atoms with E-state index >= 15 is 0 Å². The summed E-state index contributed by atoms with van der Waals surface area (Å²) in [4.78, 5) is 49.3. The summed E-state index contributed by atoms with van der Waals surface area (Å²) in [6.45, 7) is 1.57. The van der Waals surface area contributed by atoms with Crippen molar-refractivity contribution in [2.45, 2.75) is 19.8 Å². The van der Waals surface area contributed by atoms with E-state index in [2.05, 4.69) is 5.32 Å². The molecule has 30 heavy (non-hydrogen) atoms. The van der Waals surface area contributed by atoms with Gasteiger partial charge in [0.05, 0.1) is 17.5 Å². The zero-order chi connectivity index (χ0) is 21.7. The average Bonchev–Trinajstić information content (AvgIpc) is 2.96. The van der Waals surface area contributed by atoms with Gasteiger partial charge in [-0.25, -0.2) is 4.39 Å². The summed E-state index contributed by atoms with van der Waals surface area (Å²) in [6, 6.07) is 10.9. The molecule has 0 aliphatic carbocycles. The Balaban J connectivity index is 1.38. The standard InChI is InChI=1S/C22H21FN2O5/c1-14-2-7-17-18(12-14)22(29)25(21(17)28)11-9-20(27)30-13-19(26)24-10-8-15-3-5-16(23)6-4-15/h2-7,12H,8-11,13H2,1H3,(H,24,26). The third-order valence-electron chi connectivity index (χ3n) is 4.68. The molecule has 7 nitrogen and oxygen atoms in total. The van der Waals surface area contributed by atoms with E-state index < -0.39 is 30.3 Å². The van der Waals surface area contributed by atoms with Crippen molar-refractivity contribution in [2.75, 3.05) is 19.7 Å².